The van der Waals surface area contributed by atoms with E-state index >= 15 is 0 Å². The molecule has 88 valence electrons. The fraction of sp³-hybridized carbons (Fsp3) is 1.00. The maximum Gasteiger partial charge on any atom is 0.389 e. The Labute approximate surface area is 89.2 Å². The SMILES string of the molecule is CC1C2CCC(C(CC(F)(F)F)C2)C1C. The summed E-state index contributed by atoms with van der Waals surface area (Å²) in [7, 11) is 0. The van der Waals surface area contributed by atoms with Crippen LogP contribution in [0.3, 0.4) is 0 Å². The van der Waals surface area contributed by atoms with Gasteiger partial charge in [0.05, 0.1) is 0 Å². The van der Waals surface area contributed by atoms with Crippen molar-refractivity contribution in [3.63, 3.8) is 0 Å². The summed E-state index contributed by atoms with van der Waals surface area (Å²) in [5.41, 5.74) is 0. The molecule has 3 fully saturated rings. The van der Waals surface area contributed by atoms with Gasteiger partial charge in [-0.1, -0.05) is 13.8 Å². The largest absolute Gasteiger partial charge is 0.389 e. The average molecular weight is 220 g/mol. The maximum atomic E-state index is 12.4. The minimum atomic E-state index is -3.97. The molecule has 0 aromatic carbocycles. The number of rotatable bonds is 1. The first-order valence-electron chi connectivity index (χ1n) is 5.95. The smallest absolute Gasteiger partial charge is 0.171 e. The van der Waals surface area contributed by atoms with Crippen LogP contribution in [0.5, 0.6) is 0 Å². The second-order valence-electron chi connectivity index (χ2n) is 5.53. The molecule has 0 N–H and O–H groups in total. The molecular weight excluding hydrogens is 201 g/mol. The molecule has 3 rings (SSSR count). The molecule has 0 nitrogen and oxygen atoms in total. The van der Waals surface area contributed by atoms with Gasteiger partial charge in [0.2, 0.25) is 0 Å². The van der Waals surface area contributed by atoms with Crippen LogP contribution >= 0.6 is 0 Å². The minimum Gasteiger partial charge on any atom is -0.171 e. The number of fused-ring (bicyclic) bond motifs is 3. The molecule has 0 amide bonds. The topological polar surface area (TPSA) is 0 Å². The molecule has 0 saturated heterocycles. The van der Waals surface area contributed by atoms with Gasteiger partial charge >= 0.3 is 6.18 Å². The minimum absolute atomic E-state index is 0.0880. The van der Waals surface area contributed by atoms with Crippen LogP contribution in [0.2, 0.25) is 0 Å². The molecule has 5 atom stereocenters. The van der Waals surface area contributed by atoms with Gasteiger partial charge in [-0.2, -0.15) is 13.2 Å². The summed E-state index contributed by atoms with van der Waals surface area (Å²) < 4.78 is 37.2. The molecule has 0 aromatic rings. The van der Waals surface area contributed by atoms with Crippen LogP contribution in [0, 0.1) is 29.6 Å². The standard InChI is InChI=1S/C12H19F3/c1-7-8(2)11-4-3-9(7)5-10(11)6-12(13,14)15/h7-11H,3-6H2,1-2H3. The molecule has 3 heteroatoms. The molecule has 2 bridgehead atoms. The summed E-state index contributed by atoms with van der Waals surface area (Å²) >= 11 is 0. The Morgan fingerprint density at radius 1 is 1.07 bits per heavy atom. The highest BCUT2D eigenvalue weighted by atomic mass is 19.4. The van der Waals surface area contributed by atoms with E-state index in [9.17, 15) is 13.2 Å². The molecule has 0 radical (unpaired) electrons. The third kappa shape index (κ3) is 2.16. The highest BCUT2D eigenvalue weighted by Crippen LogP contribution is 2.53. The molecule has 3 saturated carbocycles. The van der Waals surface area contributed by atoms with Crippen molar-refractivity contribution in [3.8, 4) is 0 Å². The lowest BCUT2D eigenvalue weighted by atomic mass is 9.55. The van der Waals surface area contributed by atoms with Gasteiger partial charge in [0.25, 0.3) is 0 Å². The Kier molecular flexibility index (Phi) is 2.76. The second-order valence-corrected chi connectivity index (χ2v) is 5.53. The maximum absolute atomic E-state index is 12.4. The van der Waals surface area contributed by atoms with Gasteiger partial charge in [0.1, 0.15) is 0 Å². The van der Waals surface area contributed by atoms with Gasteiger partial charge < -0.3 is 0 Å². The fourth-order valence-corrected chi connectivity index (χ4v) is 3.84. The van der Waals surface area contributed by atoms with Gasteiger partial charge in [-0.25, -0.2) is 0 Å². The molecule has 0 aliphatic heterocycles. The van der Waals surface area contributed by atoms with E-state index in [0.717, 1.165) is 19.3 Å². The van der Waals surface area contributed by atoms with E-state index in [0.29, 0.717) is 23.7 Å². The lowest BCUT2D eigenvalue weighted by Gasteiger charge is -2.51. The summed E-state index contributed by atoms with van der Waals surface area (Å²) in [6, 6.07) is 0. The third-order valence-electron chi connectivity index (χ3n) is 4.82. The van der Waals surface area contributed by atoms with Crippen LogP contribution in [-0.4, -0.2) is 6.18 Å². The zero-order chi connectivity index (χ0) is 11.2. The molecule has 5 unspecified atom stereocenters. The van der Waals surface area contributed by atoms with Crippen molar-refractivity contribution in [2.45, 2.75) is 45.7 Å². The van der Waals surface area contributed by atoms with Crippen molar-refractivity contribution in [2.75, 3.05) is 0 Å². The van der Waals surface area contributed by atoms with E-state index < -0.39 is 12.6 Å². The molecule has 3 aliphatic carbocycles. The van der Waals surface area contributed by atoms with Crippen molar-refractivity contribution >= 4 is 0 Å². The van der Waals surface area contributed by atoms with Gasteiger partial charge in [-0.3, -0.25) is 0 Å². The summed E-state index contributed by atoms with van der Waals surface area (Å²) in [6.45, 7) is 4.36. The van der Waals surface area contributed by atoms with Gasteiger partial charge in [0.15, 0.2) is 0 Å². The summed E-state index contributed by atoms with van der Waals surface area (Å²) in [6.07, 6.45) is -1.52. The Hall–Kier alpha value is -0.210. The predicted octanol–water partition coefficient (Wildman–Crippen LogP) is 4.26. The first-order valence-corrected chi connectivity index (χ1v) is 5.95. The zero-order valence-electron chi connectivity index (χ0n) is 9.35. The van der Waals surface area contributed by atoms with E-state index in [1.165, 1.54) is 0 Å². The fourth-order valence-electron chi connectivity index (χ4n) is 3.84. The van der Waals surface area contributed by atoms with Crippen molar-refractivity contribution < 1.29 is 13.2 Å². The Morgan fingerprint density at radius 3 is 2.27 bits per heavy atom. The summed E-state index contributed by atoms with van der Waals surface area (Å²) in [5, 5.41) is 0. The zero-order valence-corrected chi connectivity index (χ0v) is 9.35. The summed E-state index contributed by atoms with van der Waals surface area (Å²) in [5.74, 6) is 1.91. The van der Waals surface area contributed by atoms with Crippen LogP contribution in [0.25, 0.3) is 0 Å². The number of halogens is 3. The highest BCUT2D eigenvalue weighted by Gasteiger charge is 2.47. The third-order valence-corrected chi connectivity index (χ3v) is 4.82. The quantitative estimate of drug-likeness (QED) is 0.619. The Balaban J connectivity index is 2.05. The van der Waals surface area contributed by atoms with E-state index in [1.807, 2.05) is 0 Å². The number of alkyl halides is 3. The number of hydrogen-bond donors (Lipinski definition) is 0. The Bertz CT molecular complexity index is 232. The highest BCUT2D eigenvalue weighted by molar-refractivity contribution is 4.94. The molecule has 3 aliphatic rings. The van der Waals surface area contributed by atoms with Crippen molar-refractivity contribution in [1.82, 2.24) is 0 Å². The van der Waals surface area contributed by atoms with E-state index in [1.54, 1.807) is 0 Å². The first-order chi connectivity index (χ1) is 6.88. The van der Waals surface area contributed by atoms with Crippen molar-refractivity contribution in [3.05, 3.63) is 0 Å². The van der Waals surface area contributed by atoms with Crippen molar-refractivity contribution in [2.24, 2.45) is 29.6 Å². The van der Waals surface area contributed by atoms with E-state index in [2.05, 4.69) is 13.8 Å². The summed E-state index contributed by atoms with van der Waals surface area (Å²) in [4.78, 5) is 0. The molecule has 15 heavy (non-hydrogen) atoms. The van der Waals surface area contributed by atoms with E-state index in [-0.39, 0.29) is 5.92 Å². The van der Waals surface area contributed by atoms with Gasteiger partial charge in [0, 0.05) is 6.42 Å². The average Bonchev–Trinajstić information content (AvgIpc) is 2.10. The van der Waals surface area contributed by atoms with Gasteiger partial charge in [-0.05, 0) is 48.9 Å². The molecule has 0 aromatic heterocycles. The van der Waals surface area contributed by atoms with Crippen LogP contribution in [0.15, 0.2) is 0 Å². The predicted molar refractivity (Wildman–Crippen MR) is 53.3 cm³/mol. The van der Waals surface area contributed by atoms with Crippen molar-refractivity contribution in [1.29, 1.82) is 0 Å². The molecular formula is C12H19F3. The van der Waals surface area contributed by atoms with Crippen LogP contribution < -0.4 is 0 Å². The van der Waals surface area contributed by atoms with Crippen LogP contribution in [-0.2, 0) is 0 Å². The van der Waals surface area contributed by atoms with Gasteiger partial charge in [-0.15, -0.1) is 0 Å². The van der Waals surface area contributed by atoms with Crippen LogP contribution in [0.1, 0.15) is 39.5 Å². The van der Waals surface area contributed by atoms with Crippen LogP contribution in [0.4, 0.5) is 13.2 Å². The lowest BCUT2D eigenvalue weighted by molar-refractivity contribution is -0.163. The number of hydrogen-bond acceptors (Lipinski definition) is 0. The Morgan fingerprint density at radius 2 is 1.73 bits per heavy atom. The molecule has 0 spiro atoms. The van der Waals surface area contributed by atoms with E-state index in [4.69, 9.17) is 0 Å². The first kappa shape index (κ1) is 11.3. The lowest BCUT2D eigenvalue weighted by Crippen LogP contribution is -2.44. The second kappa shape index (κ2) is 3.67. The monoisotopic (exact) mass is 220 g/mol. The normalized spacial score (nSPS) is 45.8. The molecule has 0 heterocycles.